The van der Waals surface area contributed by atoms with Crippen LogP contribution in [0.5, 0.6) is 0 Å². The first kappa shape index (κ1) is 12.6. The predicted molar refractivity (Wildman–Crippen MR) is 66.7 cm³/mol. The second-order valence-electron chi connectivity index (χ2n) is 3.38. The molecule has 1 atom stereocenters. The van der Waals surface area contributed by atoms with E-state index in [1.54, 1.807) is 22.4 Å². The summed E-state index contributed by atoms with van der Waals surface area (Å²) in [6.45, 7) is 2.89. The van der Waals surface area contributed by atoms with Gasteiger partial charge < -0.3 is 9.67 Å². The number of carboxylic acid groups (broad SMARTS) is 1. The molecule has 15 heavy (non-hydrogen) atoms. The Morgan fingerprint density at radius 3 is 2.93 bits per heavy atom. The fourth-order valence-electron chi connectivity index (χ4n) is 1.28. The normalized spacial score (nSPS) is 12.7. The average Bonchev–Trinajstić information content (AvgIpc) is 2.56. The molecule has 1 rings (SSSR count). The van der Waals surface area contributed by atoms with E-state index in [-0.39, 0.29) is 0 Å². The Morgan fingerprint density at radius 2 is 2.40 bits per heavy atom. The van der Waals surface area contributed by atoms with Gasteiger partial charge in [0.15, 0.2) is 0 Å². The van der Waals surface area contributed by atoms with Crippen molar-refractivity contribution in [2.75, 3.05) is 6.26 Å². The number of hydrogen-bond acceptors (Lipinski definition) is 2. The number of aromatic nitrogens is 1. The quantitative estimate of drug-likeness (QED) is 0.906. The summed E-state index contributed by atoms with van der Waals surface area (Å²) in [5.41, 5.74) is 0.343. The molecule has 0 aromatic carbocycles. The highest BCUT2D eigenvalue weighted by Crippen LogP contribution is 2.17. The van der Waals surface area contributed by atoms with Crippen molar-refractivity contribution < 1.29 is 9.90 Å². The molecule has 0 bridgehead atoms. The van der Waals surface area contributed by atoms with E-state index in [2.05, 4.69) is 29.1 Å². The monoisotopic (exact) mass is 291 g/mol. The number of nitrogens with zero attached hydrogens (tertiary/aromatic N) is 1. The van der Waals surface area contributed by atoms with Crippen molar-refractivity contribution in [3.05, 3.63) is 22.4 Å². The van der Waals surface area contributed by atoms with Crippen molar-refractivity contribution in [2.24, 2.45) is 0 Å². The number of carbonyl (C=O) groups is 1. The van der Waals surface area contributed by atoms with Crippen LogP contribution in [0, 0.1) is 0 Å². The molecule has 0 aliphatic rings. The van der Waals surface area contributed by atoms with Gasteiger partial charge in [0, 0.05) is 22.5 Å². The van der Waals surface area contributed by atoms with E-state index >= 15 is 0 Å². The Kier molecular flexibility index (Phi) is 4.73. The molecule has 5 heteroatoms. The fraction of sp³-hybridized carbons (Fsp3) is 0.500. The van der Waals surface area contributed by atoms with Crippen LogP contribution in [0.3, 0.4) is 0 Å². The summed E-state index contributed by atoms with van der Waals surface area (Å²) < 4.78 is 2.59. The lowest BCUT2D eigenvalue weighted by Gasteiger charge is -2.10. The van der Waals surface area contributed by atoms with E-state index in [1.165, 1.54) is 0 Å². The Hall–Kier alpha value is -0.420. The molecule has 1 unspecified atom stereocenters. The van der Waals surface area contributed by atoms with Crippen LogP contribution in [-0.2, 0) is 6.54 Å². The van der Waals surface area contributed by atoms with Crippen LogP contribution in [0.15, 0.2) is 16.7 Å². The SMILES string of the molecule is CSC(C)CCn1cc(Br)cc1C(=O)O. The maximum atomic E-state index is 10.9. The molecule has 0 aliphatic heterocycles. The summed E-state index contributed by atoms with van der Waals surface area (Å²) in [6, 6.07) is 1.63. The standard InChI is InChI=1S/C10H14BrNO2S/c1-7(15-2)3-4-12-6-8(11)5-9(12)10(13)14/h5-7H,3-4H2,1-2H3,(H,13,14). The van der Waals surface area contributed by atoms with Crippen LogP contribution in [0.25, 0.3) is 0 Å². The zero-order valence-electron chi connectivity index (χ0n) is 8.74. The lowest BCUT2D eigenvalue weighted by Crippen LogP contribution is -2.10. The number of thioether (sulfide) groups is 1. The van der Waals surface area contributed by atoms with Crippen LogP contribution in [0.1, 0.15) is 23.8 Å². The third-order valence-corrected chi connectivity index (χ3v) is 3.74. The van der Waals surface area contributed by atoms with Crippen LogP contribution in [0.2, 0.25) is 0 Å². The molecule has 0 spiro atoms. The van der Waals surface area contributed by atoms with Gasteiger partial charge in [-0.15, -0.1) is 0 Å². The molecule has 0 saturated heterocycles. The van der Waals surface area contributed by atoms with Gasteiger partial charge in [-0.05, 0) is 34.7 Å². The molecule has 0 aliphatic carbocycles. The van der Waals surface area contributed by atoms with Gasteiger partial charge in [-0.3, -0.25) is 0 Å². The minimum atomic E-state index is -0.877. The summed E-state index contributed by atoms with van der Waals surface area (Å²) in [5, 5.41) is 9.50. The van der Waals surface area contributed by atoms with Gasteiger partial charge in [-0.1, -0.05) is 6.92 Å². The summed E-state index contributed by atoms with van der Waals surface area (Å²) in [5.74, 6) is -0.877. The van der Waals surface area contributed by atoms with E-state index in [1.807, 2.05) is 6.20 Å². The maximum Gasteiger partial charge on any atom is 0.352 e. The van der Waals surface area contributed by atoms with Crippen LogP contribution in [-0.4, -0.2) is 27.1 Å². The number of aryl methyl sites for hydroxylation is 1. The second-order valence-corrected chi connectivity index (χ2v) is 5.57. The molecule has 1 heterocycles. The molecular formula is C10H14BrNO2S. The molecule has 3 nitrogen and oxygen atoms in total. The summed E-state index contributed by atoms with van der Waals surface area (Å²) in [6.07, 6.45) is 4.85. The van der Waals surface area contributed by atoms with Gasteiger partial charge >= 0.3 is 5.97 Å². The Labute approximate surface area is 102 Å². The third-order valence-electron chi connectivity index (χ3n) is 2.26. The Bertz CT molecular complexity index is 351. The molecule has 1 N–H and O–H groups in total. The van der Waals surface area contributed by atoms with Crippen molar-refractivity contribution >= 4 is 33.7 Å². The second kappa shape index (κ2) is 5.61. The predicted octanol–water partition coefficient (Wildman–Crippen LogP) is 3.09. The van der Waals surface area contributed by atoms with E-state index in [0.717, 1.165) is 17.4 Å². The van der Waals surface area contributed by atoms with E-state index in [4.69, 9.17) is 5.11 Å². The minimum Gasteiger partial charge on any atom is -0.477 e. The van der Waals surface area contributed by atoms with Crippen molar-refractivity contribution in [3.8, 4) is 0 Å². The number of rotatable bonds is 5. The number of hydrogen-bond donors (Lipinski definition) is 1. The molecular weight excluding hydrogens is 278 g/mol. The molecule has 84 valence electrons. The molecule has 1 aromatic heterocycles. The first-order valence-corrected chi connectivity index (χ1v) is 6.74. The number of aromatic carboxylic acids is 1. The summed E-state index contributed by atoms with van der Waals surface area (Å²) >= 11 is 5.08. The van der Waals surface area contributed by atoms with Gasteiger partial charge in [0.25, 0.3) is 0 Å². The minimum absolute atomic E-state index is 0.343. The van der Waals surface area contributed by atoms with Gasteiger partial charge in [0.05, 0.1) is 0 Å². The summed E-state index contributed by atoms with van der Waals surface area (Å²) in [7, 11) is 0. The third kappa shape index (κ3) is 3.57. The number of halogens is 1. The first-order chi connectivity index (χ1) is 7.04. The Balaban J connectivity index is 2.71. The van der Waals surface area contributed by atoms with Crippen molar-refractivity contribution in [1.82, 2.24) is 4.57 Å². The van der Waals surface area contributed by atoms with Crippen LogP contribution < -0.4 is 0 Å². The van der Waals surface area contributed by atoms with E-state index in [0.29, 0.717) is 10.9 Å². The number of carboxylic acids is 1. The summed E-state index contributed by atoms with van der Waals surface area (Å²) in [4.78, 5) is 10.9. The van der Waals surface area contributed by atoms with Gasteiger partial charge in [-0.25, -0.2) is 4.79 Å². The van der Waals surface area contributed by atoms with Crippen molar-refractivity contribution in [1.29, 1.82) is 0 Å². The average molecular weight is 292 g/mol. The molecule has 0 saturated carbocycles. The maximum absolute atomic E-state index is 10.9. The molecule has 0 radical (unpaired) electrons. The Morgan fingerprint density at radius 1 is 1.73 bits per heavy atom. The topological polar surface area (TPSA) is 42.2 Å². The van der Waals surface area contributed by atoms with Crippen molar-refractivity contribution in [2.45, 2.75) is 25.1 Å². The highest BCUT2D eigenvalue weighted by atomic mass is 79.9. The molecule has 1 aromatic rings. The van der Waals surface area contributed by atoms with Crippen LogP contribution >= 0.6 is 27.7 Å². The lowest BCUT2D eigenvalue weighted by molar-refractivity contribution is 0.0685. The molecule has 0 amide bonds. The smallest absolute Gasteiger partial charge is 0.352 e. The van der Waals surface area contributed by atoms with Crippen molar-refractivity contribution in [3.63, 3.8) is 0 Å². The van der Waals surface area contributed by atoms with Gasteiger partial charge in [0.1, 0.15) is 5.69 Å². The highest BCUT2D eigenvalue weighted by molar-refractivity contribution is 9.10. The van der Waals surface area contributed by atoms with Gasteiger partial charge in [-0.2, -0.15) is 11.8 Å². The van der Waals surface area contributed by atoms with Crippen LogP contribution in [0.4, 0.5) is 0 Å². The largest absolute Gasteiger partial charge is 0.477 e. The first-order valence-electron chi connectivity index (χ1n) is 4.66. The van der Waals surface area contributed by atoms with E-state index < -0.39 is 5.97 Å². The van der Waals surface area contributed by atoms with Gasteiger partial charge in [0.2, 0.25) is 0 Å². The zero-order valence-corrected chi connectivity index (χ0v) is 11.1. The van der Waals surface area contributed by atoms with E-state index in [9.17, 15) is 4.79 Å². The fourth-order valence-corrected chi connectivity index (χ4v) is 2.08. The lowest BCUT2D eigenvalue weighted by atomic mass is 10.3. The molecule has 0 fully saturated rings. The highest BCUT2D eigenvalue weighted by Gasteiger charge is 2.11. The zero-order chi connectivity index (χ0) is 11.4.